The van der Waals surface area contributed by atoms with Crippen LogP contribution in [0.1, 0.15) is 37.3 Å². The summed E-state index contributed by atoms with van der Waals surface area (Å²) in [6.07, 6.45) is 6.34. The molecular formula is C17H26N2. The zero-order chi connectivity index (χ0) is 13.3. The topological polar surface area (TPSA) is 29.3 Å². The molecule has 1 heterocycles. The number of likely N-dealkylation sites (tertiary alicyclic amines) is 1. The Morgan fingerprint density at radius 2 is 1.84 bits per heavy atom. The third-order valence-corrected chi connectivity index (χ3v) is 5.22. The summed E-state index contributed by atoms with van der Waals surface area (Å²) in [7, 11) is 0. The van der Waals surface area contributed by atoms with Crippen molar-refractivity contribution in [1.82, 2.24) is 4.90 Å². The lowest BCUT2D eigenvalue weighted by atomic mass is 9.93. The van der Waals surface area contributed by atoms with Crippen molar-refractivity contribution in [3.05, 3.63) is 35.4 Å². The van der Waals surface area contributed by atoms with E-state index in [1.54, 1.807) is 0 Å². The van der Waals surface area contributed by atoms with Crippen LogP contribution in [0.4, 0.5) is 0 Å². The maximum Gasteiger partial charge on any atom is 0.0412 e. The van der Waals surface area contributed by atoms with Crippen LogP contribution in [0.15, 0.2) is 24.3 Å². The monoisotopic (exact) mass is 258 g/mol. The first-order valence-corrected chi connectivity index (χ1v) is 7.75. The third-order valence-electron chi connectivity index (χ3n) is 5.22. The first kappa shape index (κ1) is 13.1. The Hall–Kier alpha value is -0.860. The van der Waals surface area contributed by atoms with E-state index in [4.69, 9.17) is 5.73 Å². The van der Waals surface area contributed by atoms with Gasteiger partial charge in [-0.05, 0) is 62.2 Å². The summed E-state index contributed by atoms with van der Waals surface area (Å²) in [5.74, 6) is 0.878. The van der Waals surface area contributed by atoms with Gasteiger partial charge in [-0.3, -0.25) is 4.90 Å². The molecule has 1 aromatic carbocycles. The molecule has 1 saturated heterocycles. The van der Waals surface area contributed by atoms with Crippen LogP contribution in [0.2, 0.25) is 0 Å². The van der Waals surface area contributed by atoms with Crippen LogP contribution in [0.3, 0.4) is 0 Å². The fourth-order valence-electron chi connectivity index (χ4n) is 3.91. The van der Waals surface area contributed by atoms with E-state index < -0.39 is 0 Å². The maximum atomic E-state index is 6.22. The van der Waals surface area contributed by atoms with Crippen molar-refractivity contribution in [1.29, 1.82) is 0 Å². The van der Waals surface area contributed by atoms with E-state index >= 15 is 0 Å². The second kappa shape index (κ2) is 5.26. The second-order valence-corrected chi connectivity index (χ2v) is 6.57. The molecule has 1 aromatic rings. The maximum absolute atomic E-state index is 6.22. The lowest BCUT2D eigenvalue weighted by Gasteiger charge is -2.40. The van der Waals surface area contributed by atoms with Crippen molar-refractivity contribution in [2.24, 2.45) is 11.7 Å². The van der Waals surface area contributed by atoms with Gasteiger partial charge in [-0.25, -0.2) is 0 Å². The predicted octanol–water partition coefficient (Wildman–Crippen LogP) is 2.60. The SMILES string of the molecule is CC1CCCN(C2(CN)Cc3ccccc3C2)CC1. The van der Waals surface area contributed by atoms with Crippen molar-refractivity contribution in [3.8, 4) is 0 Å². The lowest BCUT2D eigenvalue weighted by molar-refractivity contribution is 0.105. The predicted molar refractivity (Wildman–Crippen MR) is 80.2 cm³/mol. The molecule has 0 aromatic heterocycles. The quantitative estimate of drug-likeness (QED) is 0.883. The first-order valence-electron chi connectivity index (χ1n) is 7.75. The summed E-state index contributed by atoms with van der Waals surface area (Å²) in [5, 5.41) is 0. The molecule has 104 valence electrons. The molecule has 2 N–H and O–H groups in total. The van der Waals surface area contributed by atoms with E-state index in [1.165, 1.54) is 43.5 Å². The Kier molecular flexibility index (Phi) is 3.64. The smallest absolute Gasteiger partial charge is 0.0412 e. The zero-order valence-electron chi connectivity index (χ0n) is 12.1. The highest BCUT2D eigenvalue weighted by atomic mass is 15.2. The molecule has 1 aliphatic carbocycles. The normalized spacial score (nSPS) is 26.9. The molecule has 0 amide bonds. The van der Waals surface area contributed by atoms with E-state index in [-0.39, 0.29) is 5.54 Å². The van der Waals surface area contributed by atoms with Gasteiger partial charge in [0.2, 0.25) is 0 Å². The molecule has 3 rings (SSSR count). The van der Waals surface area contributed by atoms with Gasteiger partial charge >= 0.3 is 0 Å². The standard InChI is InChI=1S/C17H26N2/c1-14-5-4-9-19(10-8-14)17(13-18)11-15-6-2-3-7-16(15)12-17/h2-3,6-7,14H,4-5,8-13,18H2,1H3. The third kappa shape index (κ3) is 2.44. The number of fused-ring (bicyclic) bond motifs is 1. The highest BCUT2D eigenvalue weighted by molar-refractivity contribution is 5.36. The van der Waals surface area contributed by atoms with Crippen molar-refractivity contribution in [2.75, 3.05) is 19.6 Å². The summed E-state index contributed by atoms with van der Waals surface area (Å²) in [5.41, 5.74) is 9.46. The molecular weight excluding hydrogens is 232 g/mol. The molecule has 0 radical (unpaired) electrons. The van der Waals surface area contributed by atoms with Crippen LogP contribution in [-0.2, 0) is 12.8 Å². The van der Waals surface area contributed by atoms with Gasteiger partial charge in [0.05, 0.1) is 0 Å². The van der Waals surface area contributed by atoms with Crippen LogP contribution in [-0.4, -0.2) is 30.1 Å². The summed E-state index contributed by atoms with van der Waals surface area (Å²) in [4.78, 5) is 2.70. The molecule has 1 aliphatic heterocycles. The molecule has 19 heavy (non-hydrogen) atoms. The number of benzene rings is 1. The number of hydrogen-bond donors (Lipinski definition) is 1. The first-order chi connectivity index (χ1) is 9.23. The largest absolute Gasteiger partial charge is 0.329 e. The van der Waals surface area contributed by atoms with Crippen LogP contribution in [0, 0.1) is 5.92 Å². The fourth-order valence-corrected chi connectivity index (χ4v) is 3.91. The lowest BCUT2D eigenvalue weighted by Crippen LogP contribution is -2.55. The van der Waals surface area contributed by atoms with Crippen molar-refractivity contribution in [3.63, 3.8) is 0 Å². The molecule has 0 saturated carbocycles. The van der Waals surface area contributed by atoms with Crippen LogP contribution < -0.4 is 5.73 Å². The molecule has 1 fully saturated rings. The van der Waals surface area contributed by atoms with Gasteiger partial charge in [-0.2, -0.15) is 0 Å². The number of nitrogens with zero attached hydrogens (tertiary/aromatic N) is 1. The van der Waals surface area contributed by atoms with E-state index in [2.05, 4.69) is 36.1 Å². The van der Waals surface area contributed by atoms with Crippen molar-refractivity contribution < 1.29 is 0 Å². The highest BCUT2D eigenvalue weighted by Gasteiger charge is 2.41. The number of nitrogens with two attached hydrogens (primary N) is 1. The van der Waals surface area contributed by atoms with E-state index in [1.807, 2.05) is 0 Å². The molecule has 0 spiro atoms. The van der Waals surface area contributed by atoms with Gasteiger partial charge in [0.15, 0.2) is 0 Å². The van der Waals surface area contributed by atoms with E-state index in [0.29, 0.717) is 0 Å². The second-order valence-electron chi connectivity index (χ2n) is 6.57. The Morgan fingerprint density at radius 3 is 2.47 bits per heavy atom. The number of hydrogen-bond acceptors (Lipinski definition) is 2. The fraction of sp³-hybridized carbons (Fsp3) is 0.647. The molecule has 0 bridgehead atoms. The Bertz CT molecular complexity index is 416. The van der Waals surface area contributed by atoms with Gasteiger partial charge < -0.3 is 5.73 Å². The Labute approximate surface area is 117 Å². The average Bonchev–Trinajstić information content (AvgIpc) is 2.68. The van der Waals surface area contributed by atoms with E-state index in [9.17, 15) is 0 Å². The van der Waals surface area contributed by atoms with Gasteiger partial charge in [0.1, 0.15) is 0 Å². The minimum atomic E-state index is 0.202. The average molecular weight is 258 g/mol. The molecule has 2 aliphatic rings. The minimum Gasteiger partial charge on any atom is -0.329 e. The van der Waals surface area contributed by atoms with Crippen LogP contribution in [0.25, 0.3) is 0 Å². The Balaban J connectivity index is 1.81. The van der Waals surface area contributed by atoms with Gasteiger partial charge in [0, 0.05) is 12.1 Å². The number of rotatable bonds is 2. The summed E-state index contributed by atoms with van der Waals surface area (Å²) in [6.45, 7) is 5.64. The molecule has 2 nitrogen and oxygen atoms in total. The van der Waals surface area contributed by atoms with Gasteiger partial charge in [0.25, 0.3) is 0 Å². The molecule has 2 heteroatoms. The zero-order valence-corrected chi connectivity index (χ0v) is 12.1. The van der Waals surface area contributed by atoms with E-state index in [0.717, 1.165) is 25.3 Å². The summed E-state index contributed by atoms with van der Waals surface area (Å²) >= 11 is 0. The summed E-state index contributed by atoms with van der Waals surface area (Å²) in [6, 6.07) is 8.90. The highest BCUT2D eigenvalue weighted by Crippen LogP contribution is 2.35. The van der Waals surface area contributed by atoms with Crippen LogP contribution in [0.5, 0.6) is 0 Å². The van der Waals surface area contributed by atoms with Gasteiger partial charge in [-0.1, -0.05) is 31.2 Å². The molecule has 1 unspecified atom stereocenters. The Morgan fingerprint density at radius 1 is 1.16 bits per heavy atom. The van der Waals surface area contributed by atoms with Gasteiger partial charge in [-0.15, -0.1) is 0 Å². The minimum absolute atomic E-state index is 0.202. The summed E-state index contributed by atoms with van der Waals surface area (Å²) < 4.78 is 0. The van der Waals surface area contributed by atoms with Crippen molar-refractivity contribution in [2.45, 2.75) is 44.6 Å². The molecule has 1 atom stereocenters. The van der Waals surface area contributed by atoms with Crippen molar-refractivity contribution >= 4 is 0 Å². The van der Waals surface area contributed by atoms with Crippen LogP contribution >= 0.6 is 0 Å².